The van der Waals surface area contributed by atoms with Gasteiger partial charge in [-0.25, -0.2) is 4.98 Å². The van der Waals surface area contributed by atoms with Gasteiger partial charge in [0.05, 0.1) is 35.8 Å². The van der Waals surface area contributed by atoms with Gasteiger partial charge in [0.15, 0.2) is 0 Å². The molecular formula is C27H22ClN5O2. The number of rotatable bonds is 6. The number of halogens is 1. The van der Waals surface area contributed by atoms with E-state index >= 15 is 0 Å². The summed E-state index contributed by atoms with van der Waals surface area (Å²) in [7, 11) is 3.54. The average Bonchev–Trinajstić information content (AvgIpc) is 3.20. The molecule has 2 aromatic carbocycles. The summed E-state index contributed by atoms with van der Waals surface area (Å²) in [6, 6.07) is 20.1. The van der Waals surface area contributed by atoms with Crippen molar-refractivity contribution in [2.45, 2.75) is 19.6 Å². The number of pyridine rings is 1. The lowest BCUT2D eigenvalue weighted by Gasteiger charge is -2.22. The Kier molecular flexibility index (Phi) is 6.84. The molecule has 1 unspecified atom stereocenters. The third kappa shape index (κ3) is 4.74. The number of ether oxygens (including phenoxy) is 1. The second-order valence-corrected chi connectivity index (χ2v) is 8.56. The van der Waals surface area contributed by atoms with Gasteiger partial charge >= 0.3 is 0 Å². The average molecular weight is 484 g/mol. The summed E-state index contributed by atoms with van der Waals surface area (Å²) in [5.74, 6) is 0.827. The quantitative estimate of drug-likeness (QED) is 0.392. The smallest absolute Gasteiger partial charge is 0.268 e. The Morgan fingerprint density at radius 2 is 1.80 bits per heavy atom. The van der Waals surface area contributed by atoms with E-state index in [0.717, 1.165) is 22.6 Å². The summed E-state index contributed by atoms with van der Waals surface area (Å²) in [6.45, 7) is 1.98. The minimum absolute atomic E-state index is 0.0390. The third-order valence-electron chi connectivity index (χ3n) is 6.05. The first-order valence-electron chi connectivity index (χ1n) is 10.8. The zero-order chi connectivity index (χ0) is 25.1. The summed E-state index contributed by atoms with van der Waals surface area (Å²) in [5, 5.41) is 19.2. The van der Waals surface area contributed by atoms with Crippen molar-refractivity contribution in [3.63, 3.8) is 0 Å². The van der Waals surface area contributed by atoms with Gasteiger partial charge in [0.2, 0.25) is 0 Å². The van der Waals surface area contributed by atoms with Crippen molar-refractivity contribution in [2.75, 3.05) is 0 Å². The SMILES string of the molecule is Cc1ncc(C(OCc2c(-c3cccc(Cl)c3)cc(C#N)c(=O)n2C)c2ccc(C#N)cc2)n1C. The Morgan fingerprint density at radius 3 is 2.40 bits per heavy atom. The lowest BCUT2D eigenvalue weighted by molar-refractivity contribution is 0.0584. The number of hydrogen-bond donors (Lipinski definition) is 0. The van der Waals surface area contributed by atoms with Crippen LogP contribution in [-0.2, 0) is 25.4 Å². The molecule has 2 heterocycles. The van der Waals surface area contributed by atoms with Crippen molar-refractivity contribution in [2.24, 2.45) is 14.1 Å². The highest BCUT2D eigenvalue weighted by atomic mass is 35.5. The summed E-state index contributed by atoms with van der Waals surface area (Å²) < 4.78 is 9.84. The van der Waals surface area contributed by atoms with E-state index in [2.05, 4.69) is 11.1 Å². The van der Waals surface area contributed by atoms with Gasteiger partial charge in [-0.1, -0.05) is 35.9 Å². The first kappa shape index (κ1) is 24.0. The maximum Gasteiger partial charge on any atom is 0.268 e. The van der Waals surface area contributed by atoms with Crippen molar-refractivity contribution in [3.05, 3.63) is 110 Å². The van der Waals surface area contributed by atoms with Gasteiger partial charge in [0.25, 0.3) is 5.56 Å². The molecule has 0 aliphatic rings. The molecule has 0 saturated heterocycles. The normalized spacial score (nSPS) is 11.6. The lowest BCUT2D eigenvalue weighted by Crippen LogP contribution is -2.25. The molecule has 0 N–H and O–H groups in total. The molecule has 7 nitrogen and oxygen atoms in total. The minimum atomic E-state index is -0.508. The van der Waals surface area contributed by atoms with Gasteiger partial charge in [-0.3, -0.25) is 4.79 Å². The van der Waals surface area contributed by atoms with Crippen molar-refractivity contribution < 1.29 is 4.74 Å². The van der Waals surface area contributed by atoms with Gasteiger partial charge < -0.3 is 13.9 Å². The van der Waals surface area contributed by atoms with Gasteiger partial charge in [-0.2, -0.15) is 10.5 Å². The Bertz CT molecular complexity index is 1540. The molecular weight excluding hydrogens is 462 g/mol. The summed E-state index contributed by atoms with van der Waals surface area (Å²) in [5.41, 5.74) is 3.92. The van der Waals surface area contributed by atoms with Crippen molar-refractivity contribution in [1.82, 2.24) is 14.1 Å². The Morgan fingerprint density at radius 1 is 1.06 bits per heavy atom. The zero-order valence-corrected chi connectivity index (χ0v) is 20.2. The number of aromatic nitrogens is 3. The fraction of sp³-hybridized carbons (Fsp3) is 0.185. The highest BCUT2D eigenvalue weighted by molar-refractivity contribution is 6.30. The molecule has 174 valence electrons. The second-order valence-electron chi connectivity index (χ2n) is 8.12. The number of aryl methyl sites for hydroxylation is 1. The van der Waals surface area contributed by atoms with Gasteiger partial charge in [-0.05, 0) is 48.4 Å². The molecule has 0 radical (unpaired) electrons. The Balaban J connectivity index is 1.81. The monoisotopic (exact) mass is 483 g/mol. The zero-order valence-electron chi connectivity index (χ0n) is 19.5. The van der Waals surface area contributed by atoms with Crippen LogP contribution in [0.5, 0.6) is 0 Å². The molecule has 0 saturated carbocycles. The topological polar surface area (TPSA) is 96.6 Å². The molecule has 0 bridgehead atoms. The van der Waals surface area contributed by atoms with E-state index in [0.29, 0.717) is 21.8 Å². The summed E-state index contributed by atoms with van der Waals surface area (Å²) in [6.07, 6.45) is 1.25. The third-order valence-corrected chi connectivity index (χ3v) is 6.28. The number of imidazole rings is 1. The van der Waals surface area contributed by atoms with Crippen LogP contribution in [0.15, 0.2) is 65.6 Å². The van der Waals surface area contributed by atoms with Gasteiger partial charge in [0, 0.05) is 24.7 Å². The van der Waals surface area contributed by atoms with E-state index in [1.165, 1.54) is 4.57 Å². The summed E-state index contributed by atoms with van der Waals surface area (Å²) in [4.78, 5) is 17.2. The Hall–Kier alpha value is -4.17. The highest BCUT2D eigenvalue weighted by Gasteiger charge is 2.22. The lowest BCUT2D eigenvalue weighted by atomic mass is 10.0. The molecule has 0 fully saturated rings. The molecule has 1 atom stereocenters. The van der Waals surface area contributed by atoms with E-state index in [1.54, 1.807) is 43.6 Å². The van der Waals surface area contributed by atoms with Crippen molar-refractivity contribution in [3.8, 4) is 23.3 Å². The molecule has 8 heteroatoms. The van der Waals surface area contributed by atoms with Crippen LogP contribution in [0, 0.1) is 29.6 Å². The Labute approximate surface area is 208 Å². The van der Waals surface area contributed by atoms with Crippen LogP contribution in [0.1, 0.15) is 40.0 Å². The van der Waals surface area contributed by atoms with Crippen molar-refractivity contribution in [1.29, 1.82) is 10.5 Å². The van der Waals surface area contributed by atoms with E-state index < -0.39 is 11.7 Å². The van der Waals surface area contributed by atoms with Crippen LogP contribution < -0.4 is 5.56 Å². The number of benzene rings is 2. The van der Waals surface area contributed by atoms with Crippen LogP contribution in [0.4, 0.5) is 0 Å². The van der Waals surface area contributed by atoms with Gasteiger partial charge in [0.1, 0.15) is 23.6 Å². The van der Waals surface area contributed by atoms with Crippen LogP contribution in [-0.4, -0.2) is 14.1 Å². The molecule has 0 aliphatic carbocycles. The van der Waals surface area contributed by atoms with Crippen LogP contribution in [0.25, 0.3) is 11.1 Å². The first-order chi connectivity index (χ1) is 16.8. The number of nitrogens with zero attached hydrogens (tertiary/aromatic N) is 5. The predicted molar refractivity (Wildman–Crippen MR) is 133 cm³/mol. The summed E-state index contributed by atoms with van der Waals surface area (Å²) >= 11 is 6.23. The van der Waals surface area contributed by atoms with Crippen LogP contribution in [0.3, 0.4) is 0 Å². The van der Waals surface area contributed by atoms with Gasteiger partial charge in [-0.15, -0.1) is 0 Å². The van der Waals surface area contributed by atoms with E-state index in [1.807, 2.05) is 48.9 Å². The maximum atomic E-state index is 12.8. The highest BCUT2D eigenvalue weighted by Crippen LogP contribution is 2.31. The molecule has 4 aromatic rings. The van der Waals surface area contributed by atoms with Crippen molar-refractivity contribution >= 4 is 11.6 Å². The fourth-order valence-electron chi connectivity index (χ4n) is 3.94. The number of hydrogen-bond acceptors (Lipinski definition) is 5. The van der Waals surface area contributed by atoms with Crippen LogP contribution >= 0.6 is 11.6 Å². The predicted octanol–water partition coefficient (Wildman–Crippen LogP) is 4.80. The van der Waals surface area contributed by atoms with E-state index in [4.69, 9.17) is 16.3 Å². The maximum absolute atomic E-state index is 12.8. The fourth-order valence-corrected chi connectivity index (χ4v) is 4.13. The first-order valence-corrected chi connectivity index (χ1v) is 11.2. The standard InChI is InChI=1S/C27H22ClN5O2/c1-17-31-15-24(32(17)2)26(19-9-7-18(13-29)8-10-19)35-16-25-23(20-5-4-6-22(28)11-20)12-21(14-30)27(34)33(25)3/h4-12,15,26H,16H2,1-3H3. The largest absolute Gasteiger partial charge is 0.361 e. The van der Waals surface area contributed by atoms with E-state index in [-0.39, 0.29) is 12.2 Å². The molecule has 0 aliphatic heterocycles. The second kappa shape index (κ2) is 9.99. The van der Waals surface area contributed by atoms with E-state index in [9.17, 15) is 15.3 Å². The van der Waals surface area contributed by atoms with Crippen LogP contribution in [0.2, 0.25) is 5.02 Å². The molecule has 0 spiro atoms. The molecule has 2 aromatic heterocycles. The molecule has 0 amide bonds. The molecule has 4 rings (SSSR count). The number of nitriles is 2. The molecule has 35 heavy (non-hydrogen) atoms. The minimum Gasteiger partial charge on any atom is -0.361 e.